The first-order valence-electron chi connectivity index (χ1n) is 3.97. The average molecular weight is 121 g/mol. The molecule has 2 aliphatic carbocycles. The van der Waals surface area contributed by atoms with Crippen LogP contribution < -0.4 is 0 Å². The molecular weight excluding hydrogens is 108 g/mol. The molecule has 0 amide bonds. The summed E-state index contributed by atoms with van der Waals surface area (Å²) in [6.07, 6.45) is 11.8. The topological polar surface area (TPSA) is 0 Å². The van der Waals surface area contributed by atoms with E-state index in [-0.39, 0.29) is 0 Å². The fourth-order valence-corrected chi connectivity index (χ4v) is 1.97. The summed E-state index contributed by atoms with van der Waals surface area (Å²) in [7, 11) is 0. The second-order valence-electron chi connectivity index (χ2n) is 3.14. The molecule has 0 heteroatoms. The molecule has 0 spiro atoms. The molecule has 1 saturated carbocycles. The highest BCUT2D eigenvalue weighted by molar-refractivity contribution is 5.18. The second-order valence-corrected chi connectivity index (χ2v) is 3.14. The normalized spacial score (nSPS) is 33.8. The van der Waals surface area contributed by atoms with Gasteiger partial charge in [-0.15, -0.1) is 0 Å². The van der Waals surface area contributed by atoms with Crippen LogP contribution in [0.5, 0.6) is 0 Å². The van der Waals surface area contributed by atoms with E-state index >= 15 is 0 Å². The lowest BCUT2D eigenvalue weighted by atomic mass is 9.90. The Morgan fingerprint density at radius 2 is 2.44 bits per heavy atom. The SMILES string of the molecule is [CH]1CC2=CCCCC2C1. The molecule has 0 aliphatic heterocycles. The zero-order valence-electron chi connectivity index (χ0n) is 5.77. The third kappa shape index (κ3) is 0.910. The summed E-state index contributed by atoms with van der Waals surface area (Å²) in [5.41, 5.74) is 1.74. The number of rotatable bonds is 0. The van der Waals surface area contributed by atoms with Crippen molar-refractivity contribution in [3.8, 4) is 0 Å². The van der Waals surface area contributed by atoms with E-state index in [9.17, 15) is 0 Å². The van der Waals surface area contributed by atoms with Gasteiger partial charge in [0.1, 0.15) is 0 Å². The summed E-state index contributed by atoms with van der Waals surface area (Å²) >= 11 is 0. The summed E-state index contributed by atoms with van der Waals surface area (Å²) < 4.78 is 0. The first-order chi connectivity index (χ1) is 4.47. The van der Waals surface area contributed by atoms with Crippen LogP contribution in [-0.2, 0) is 0 Å². The molecule has 0 aromatic heterocycles. The summed E-state index contributed by atoms with van der Waals surface area (Å²) in [6, 6.07) is 0. The number of hydrogen-bond acceptors (Lipinski definition) is 0. The molecule has 49 valence electrons. The molecule has 0 N–H and O–H groups in total. The van der Waals surface area contributed by atoms with Gasteiger partial charge in [0, 0.05) is 0 Å². The molecule has 0 heterocycles. The lowest BCUT2D eigenvalue weighted by Crippen LogP contribution is -2.00. The van der Waals surface area contributed by atoms with Gasteiger partial charge in [-0.3, -0.25) is 0 Å². The van der Waals surface area contributed by atoms with Gasteiger partial charge < -0.3 is 0 Å². The Bertz CT molecular complexity index is 133. The zero-order chi connectivity index (χ0) is 6.10. The monoisotopic (exact) mass is 121 g/mol. The van der Waals surface area contributed by atoms with Crippen molar-refractivity contribution in [2.45, 2.75) is 32.1 Å². The van der Waals surface area contributed by atoms with Gasteiger partial charge in [-0.25, -0.2) is 0 Å². The van der Waals surface area contributed by atoms with E-state index in [0.717, 1.165) is 5.92 Å². The molecular formula is C9H13. The molecule has 9 heavy (non-hydrogen) atoms. The minimum Gasteiger partial charge on any atom is -0.0850 e. The lowest BCUT2D eigenvalue weighted by Gasteiger charge is -2.15. The van der Waals surface area contributed by atoms with Crippen molar-refractivity contribution < 1.29 is 0 Å². The van der Waals surface area contributed by atoms with E-state index in [1.54, 1.807) is 5.57 Å². The quantitative estimate of drug-likeness (QED) is 0.432. The van der Waals surface area contributed by atoms with Crippen LogP contribution in [0.15, 0.2) is 11.6 Å². The first-order valence-corrected chi connectivity index (χ1v) is 3.97. The van der Waals surface area contributed by atoms with E-state index < -0.39 is 0 Å². The van der Waals surface area contributed by atoms with Crippen LogP contribution >= 0.6 is 0 Å². The van der Waals surface area contributed by atoms with Gasteiger partial charge in [-0.1, -0.05) is 11.6 Å². The van der Waals surface area contributed by atoms with Crippen molar-refractivity contribution in [1.82, 2.24) is 0 Å². The van der Waals surface area contributed by atoms with Gasteiger partial charge >= 0.3 is 0 Å². The molecule has 2 rings (SSSR count). The smallest absolute Gasteiger partial charge is 0.0200 e. The first kappa shape index (κ1) is 5.52. The van der Waals surface area contributed by atoms with Gasteiger partial charge in [0.25, 0.3) is 0 Å². The number of allylic oxidation sites excluding steroid dienone is 2. The molecule has 0 saturated heterocycles. The van der Waals surface area contributed by atoms with Gasteiger partial charge in [-0.2, -0.15) is 0 Å². The summed E-state index contributed by atoms with van der Waals surface area (Å²) in [5, 5.41) is 0. The van der Waals surface area contributed by atoms with E-state index in [2.05, 4.69) is 12.5 Å². The Hall–Kier alpha value is -0.260. The van der Waals surface area contributed by atoms with Crippen LogP contribution in [0.1, 0.15) is 32.1 Å². The standard InChI is InChI=1S/C9H13/c1-2-5-9-7-3-6-8(9)4-1/h3-4,9H,1-2,5-7H2. The fourth-order valence-electron chi connectivity index (χ4n) is 1.97. The Balaban J connectivity index is 2.16. The van der Waals surface area contributed by atoms with Gasteiger partial charge in [0.05, 0.1) is 0 Å². The third-order valence-corrected chi connectivity index (χ3v) is 2.52. The Morgan fingerprint density at radius 3 is 3.33 bits per heavy atom. The molecule has 2 aliphatic rings. The molecule has 0 aromatic carbocycles. The summed E-state index contributed by atoms with van der Waals surface area (Å²) in [5.74, 6) is 0.971. The van der Waals surface area contributed by atoms with Crippen molar-refractivity contribution >= 4 is 0 Å². The average Bonchev–Trinajstić information content (AvgIpc) is 2.33. The predicted molar refractivity (Wildman–Crippen MR) is 39.0 cm³/mol. The van der Waals surface area contributed by atoms with Gasteiger partial charge in [-0.05, 0) is 44.4 Å². The minimum atomic E-state index is 0.971. The van der Waals surface area contributed by atoms with E-state index in [0.29, 0.717) is 0 Å². The van der Waals surface area contributed by atoms with Crippen molar-refractivity contribution in [2.75, 3.05) is 0 Å². The maximum Gasteiger partial charge on any atom is -0.0200 e. The maximum absolute atomic E-state index is 2.46. The Kier molecular flexibility index (Phi) is 1.33. The van der Waals surface area contributed by atoms with Gasteiger partial charge in [0.15, 0.2) is 0 Å². The third-order valence-electron chi connectivity index (χ3n) is 2.52. The molecule has 1 fully saturated rings. The molecule has 1 atom stereocenters. The van der Waals surface area contributed by atoms with Crippen LogP contribution in [0.2, 0.25) is 0 Å². The van der Waals surface area contributed by atoms with Crippen LogP contribution in [0.3, 0.4) is 0 Å². The second kappa shape index (κ2) is 2.17. The Labute approximate surface area is 57.0 Å². The van der Waals surface area contributed by atoms with E-state index in [4.69, 9.17) is 0 Å². The highest BCUT2D eigenvalue weighted by Gasteiger charge is 2.22. The van der Waals surface area contributed by atoms with Crippen LogP contribution in [0.4, 0.5) is 0 Å². The van der Waals surface area contributed by atoms with Crippen LogP contribution in [0.25, 0.3) is 0 Å². The lowest BCUT2D eigenvalue weighted by molar-refractivity contribution is 0.538. The summed E-state index contributed by atoms with van der Waals surface area (Å²) in [4.78, 5) is 0. The molecule has 0 bridgehead atoms. The number of fused-ring (bicyclic) bond motifs is 1. The molecule has 0 aromatic rings. The zero-order valence-corrected chi connectivity index (χ0v) is 5.77. The van der Waals surface area contributed by atoms with Gasteiger partial charge in [0.2, 0.25) is 0 Å². The predicted octanol–water partition coefficient (Wildman–Crippen LogP) is 2.71. The van der Waals surface area contributed by atoms with Crippen molar-refractivity contribution in [3.05, 3.63) is 18.1 Å². The van der Waals surface area contributed by atoms with E-state index in [1.165, 1.54) is 32.1 Å². The molecule has 0 nitrogen and oxygen atoms in total. The van der Waals surface area contributed by atoms with E-state index in [1.807, 2.05) is 0 Å². The highest BCUT2D eigenvalue weighted by atomic mass is 14.3. The molecule has 1 unspecified atom stereocenters. The van der Waals surface area contributed by atoms with Crippen molar-refractivity contribution in [1.29, 1.82) is 0 Å². The summed E-state index contributed by atoms with van der Waals surface area (Å²) in [6.45, 7) is 0. The molecule has 1 radical (unpaired) electrons. The maximum atomic E-state index is 2.46. The van der Waals surface area contributed by atoms with Crippen LogP contribution in [-0.4, -0.2) is 0 Å². The fraction of sp³-hybridized carbons (Fsp3) is 0.667. The largest absolute Gasteiger partial charge is 0.0850 e. The highest BCUT2D eigenvalue weighted by Crippen LogP contribution is 2.37. The Morgan fingerprint density at radius 1 is 1.44 bits per heavy atom. The van der Waals surface area contributed by atoms with Crippen molar-refractivity contribution in [2.24, 2.45) is 5.92 Å². The van der Waals surface area contributed by atoms with Crippen molar-refractivity contribution in [3.63, 3.8) is 0 Å². The van der Waals surface area contributed by atoms with Crippen LogP contribution in [0, 0.1) is 12.3 Å². The minimum absolute atomic E-state index is 0.971. The number of hydrogen-bond donors (Lipinski definition) is 0.